The molecule has 59 heavy (non-hydrogen) atoms. The second-order valence-corrected chi connectivity index (χ2v) is 17.8. The number of aliphatic hydroxyl groups is 3. The van der Waals surface area contributed by atoms with Crippen LogP contribution < -0.4 is 0 Å². The maximum atomic E-state index is 14.4. The van der Waals surface area contributed by atoms with Crippen LogP contribution in [0.5, 0.6) is 0 Å². The van der Waals surface area contributed by atoms with Gasteiger partial charge in [0.1, 0.15) is 24.0 Å². The van der Waals surface area contributed by atoms with Crippen LogP contribution in [-0.4, -0.2) is 126 Å². The summed E-state index contributed by atoms with van der Waals surface area (Å²) < 4.78 is 30.3. The number of cyclic esters (lactones) is 1. The first-order valence-electron chi connectivity index (χ1n) is 22.0. The topological polar surface area (TPSA) is 178 Å². The number of carbonyl (C=O) groups excluding carboxylic acids is 4. The molecule has 0 aromatic rings. The van der Waals surface area contributed by atoms with Gasteiger partial charge in [-0.15, -0.1) is 0 Å². The Balaban J connectivity index is 1.75. The predicted molar refractivity (Wildman–Crippen MR) is 222 cm³/mol. The van der Waals surface area contributed by atoms with E-state index in [0.717, 1.165) is 5.57 Å². The van der Waals surface area contributed by atoms with Crippen molar-refractivity contribution in [2.24, 2.45) is 29.6 Å². The van der Waals surface area contributed by atoms with Crippen molar-refractivity contribution in [1.29, 1.82) is 0 Å². The van der Waals surface area contributed by atoms with E-state index in [1.54, 1.807) is 13.8 Å². The van der Waals surface area contributed by atoms with Crippen LogP contribution in [0.25, 0.3) is 0 Å². The lowest BCUT2D eigenvalue weighted by molar-refractivity contribution is -0.302. The maximum absolute atomic E-state index is 14.4. The van der Waals surface area contributed by atoms with Crippen LogP contribution >= 0.6 is 0 Å². The van der Waals surface area contributed by atoms with Gasteiger partial charge in [0.2, 0.25) is 5.79 Å². The fourth-order valence-corrected chi connectivity index (χ4v) is 9.59. The first kappa shape index (κ1) is 48.9. The first-order valence-corrected chi connectivity index (χ1v) is 22.0. The molecule has 1 unspecified atom stereocenters. The number of Topliss-reactive ketones (excluding diaryl/α,β-unsaturated/α-hetero) is 2. The molecule has 3 N–H and O–H groups in total. The third kappa shape index (κ3) is 12.2. The lowest BCUT2D eigenvalue weighted by Gasteiger charge is -2.47. The lowest BCUT2D eigenvalue weighted by Crippen LogP contribution is -2.64. The third-order valence-electron chi connectivity index (χ3n) is 13.2. The number of amides is 1. The summed E-state index contributed by atoms with van der Waals surface area (Å²) in [7, 11) is 3.07. The van der Waals surface area contributed by atoms with E-state index in [0.29, 0.717) is 63.5 Å². The number of ketones is 2. The number of allylic oxidation sites excluding steroid dienone is 4. The Kier molecular flexibility index (Phi) is 18.5. The SMILES string of the molecule is C/C=C/CO[C@@H]1C[C@H](/C=C(\C)[C@H]2OC(=O)[C@@H]3CCCCN3C(=O)C(=O)C3(O)O[C@H]([C@@H](OC)C[C@@H](C)C/C(C)=C/[C@@H](CC)C(=O)C[C@H](O)[C@H]2C)[C@@H](OC)C[C@@H]3C)CC[C@H]1O. The van der Waals surface area contributed by atoms with E-state index in [4.69, 9.17) is 23.7 Å². The summed E-state index contributed by atoms with van der Waals surface area (Å²) in [5.41, 5.74) is 1.66. The molecule has 3 aliphatic heterocycles. The van der Waals surface area contributed by atoms with Gasteiger partial charge in [-0.25, -0.2) is 4.79 Å². The van der Waals surface area contributed by atoms with Crippen molar-refractivity contribution < 1.29 is 58.2 Å². The van der Waals surface area contributed by atoms with Crippen LogP contribution in [0.1, 0.15) is 119 Å². The van der Waals surface area contributed by atoms with Crippen molar-refractivity contribution in [3.63, 3.8) is 0 Å². The number of aliphatic hydroxyl groups excluding tert-OH is 2. The van der Waals surface area contributed by atoms with Gasteiger partial charge in [-0.05, 0) is 102 Å². The zero-order chi connectivity index (χ0) is 43.6. The summed E-state index contributed by atoms with van der Waals surface area (Å²) in [6, 6.07) is -1.14. The molecule has 1 aliphatic carbocycles. The fourth-order valence-electron chi connectivity index (χ4n) is 9.59. The van der Waals surface area contributed by atoms with E-state index in [9.17, 15) is 34.5 Å². The maximum Gasteiger partial charge on any atom is 0.329 e. The molecule has 3 fully saturated rings. The molecule has 0 aromatic heterocycles. The summed E-state index contributed by atoms with van der Waals surface area (Å²) in [5.74, 6) is -7.55. The molecule has 13 heteroatoms. The monoisotopic (exact) mass is 832 g/mol. The number of carbonyl (C=O) groups is 4. The van der Waals surface area contributed by atoms with E-state index in [2.05, 4.69) is 6.92 Å². The normalized spacial score (nSPS) is 40.2. The largest absolute Gasteiger partial charge is 0.456 e. The average molecular weight is 832 g/mol. The van der Waals surface area contributed by atoms with Crippen molar-refractivity contribution in [3.8, 4) is 0 Å². The van der Waals surface area contributed by atoms with Gasteiger partial charge in [0, 0.05) is 44.9 Å². The van der Waals surface area contributed by atoms with Crippen LogP contribution in [0.15, 0.2) is 35.5 Å². The van der Waals surface area contributed by atoms with Crippen LogP contribution in [0.3, 0.4) is 0 Å². The number of ether oxygens (including phenoxy) is 5. The molecule has 1 amide bonds. The van der Waals surface area contributed by atoms with E-state index in [1.807, 2.05) is 52.0 Å². The molecular weight excluding hydrogens is 759 g/mol. The van der Waals surface area contributed by atoms with Gasteiger partial charge in [0.25, 0.3) is 11.7 Å². The molecule has 2 bridgehead atoms. The molecule has 334 valence electrons. The Labute approximate surface area is 351 Å². The lowest BCUT2D eigenvalue weighted by atomic mass is 9.81. The summed E-state index contributed by atoms with van der Waals surface area (Å²) >= 11 is 0. The number of hydrogen-bond donors (Lipinski definition) is 3. The molecule has 4 aliphatic rings. The van der Waals surface area contributed by atoms with Crippen molar-refractivity contribution >= 4 is 23.4 Å². The van der Waals surface area contributed by atoms with Crippen molar-refractivity contribution in [3.05, 3.63) is 35.5 Å². The predicted octanol–water partition coefficient (Wildman–Crippen LogP) is 5.42. The average Bonchev–Trinajstić information content (AvgIpc) is 3.21. The zero-order valence-corrected chi connectivity index (χ0v) is 37.0. The van der Waals surface area contributed by atoms with Crippen molar-refractivity contribution in [2.75, 3.05) is 27.4 Å². The molecule has 14 atom stereocenters. The Morgan fingerprint density at radius 3 is 2.31 bits per heavy atom. The van der Waals surface area contributed by atoms with E-state index >= 15 is 0 Å². The van der Waals surface area contributed by atoms with Crippen LogP contribution in [-0.2, 0) is 42.9 Å². The van der Waals surface area contributed by atoms with Gasteiger partial charge < -0.3 is 43.9 Å². The molecule has 1 saturated carbocycles. The number of hydrogen-bond acceptors (Lipinski definition) is 12. The van der Waals surface area contributed by atoms with Crippen LogP contribution in [0.4, 0.5) is 0 Å². The van der Waals surface area contributed by atoms with Gasteiger partial charge in [-0.1, -0.05) is 57.6 Å². The first-order chi connectivity index (χ1) is 28.0. The highest BCUT2D eigenvalue weighted by molar-refractivity contribution is 6.39. The second-order valence-electron chi connectivity index (χ2n) is 17.8. The van der Waals surface area contributed by atoms with Crippen LogP contribution in [0, 0.1) is 29.6 Å². The minimum absolute atomic E-state index is 0.0216. The minimum Gasteiger partial charge on any atom is -0.456 e. The molecule has 3 heterocycles. The number of methoxy groups -OCH3 is 2. The molecular formula is C46H73NO12. The van der Waals surface area contributed by atoms with E-state index in [-0.39, 0.29) is 49.5 Å². The minimum atomic E-state index is -2.51. The van der Waals surface area contributed by atoms with Gasteiger partial charge in [0.05, 0.1) is 37.1 Å². The zero-order valence-electron chi connectivity index (χ0n) is 37.0. The molecule has 0 spiro atoms. The summed E-state index contributed by atoms with van der Waals surface area (Å²) in [5, 5.41) is 34.5. The molecule has 4 rings (SSSR count). The Morgan fingerprint density at radius 2 is 1.64 bits per heavy atom. The van der Waals surface area contributed by atoms with E-state index < -0.39 is 83.9 Å². The fraction of sp³-hybridized carbons (Fsp3) is 0.783. The molecule has 0 aromatic carbocycles. The Hall–Kier alpha value is -2.78. The second kappa shape index (κ2) is 22.4. The molecule has 2 saturated heterocycles. The Bertz CT molecular complexity index is 1530. The van der Waals surface area contributed by atoms with Crippen LogP contribution in [0.2, 0.25) is 0 Å². The summed E-state index contributed by atoms with van der Waals surface area (Å²) in [6.07, 6.45) is 7.35. The molecule has 0 radical (unpaired) electrons. The molecule has 13 nitrogen and oxygen atoms in total. The smallest absolute Gasteiger partial charge is 0.329 e. The number of nitrogens with zero attached hydrogens (tertiary/aromatic N) is 1. The Morgan fingerprint density at radius 1 is 0.949 bits per heavy atom. The van der Waals surface area contributed by atoms with Crippen molar-refractivity contribution in [1.82, 2.24) is 4.90 Å². The summed E-state index contributed by atoms with van der Waals surface area (Å²) in [4.78, 5) is 57.9. The number of piperidine rings is 1. The summed E-state index contributed by atoms with van der Waals surface area (Å²) in [6.45, 7) is 13.5. The highest BCUT2D eigenvalue weighted by Crippen LogP contribution is 2.39. The van der Waals surface area contributed by atoms with Gasteiger partial charge >= 0.3 is 5.97 Å². The highest BCUT2D eigenvalue weighted by atomic mass is 16.7. The standard InChI is InChI=1S/C46H73NO12/c1-10-12-19-57-38-25-32(16-17-35(38)48)23-29(5)41-31(7)36(49)26-37(50)33(11-2)21-27(3)20-28(4)22-39(55-8)42-40(56-9)24-30(6)46(54,59-42)43(51)44(52)47-18-14-13-15-34(47)45(53)58-41/h10,12,21,23,28,30-36,38-42,48-49,54H,11,13-20,22,24-26H2,1-9H3/b12-10+,27-21+,29-23+/t28-,30-,31+,32-,33+,34-,35+,36-,38+,39-,40-,41+,42+,46?/m0/s1. The van der Waals surface area contributed by atoms with Gasteiger partial charge in [-0.2, -0.15) is 0 Å². The number of fused-ring (bicyclic) bond motifs is 3. The van der Waals surface area contributed by atoms with E-state index in [1.165, 1.54) is 19.1 Å². The highest BCUT2D eigenvalue weighted by Gasteiger charge is 2.56. The quantitative estimate of drug-likeness (QED) is 0.161. The van der Waals surface area contributed by atoms with Crippen molar-refractivity contribution in [2.45, 2.75) is 174 Å². The third-order valence-corrected chi connectivity index (χ3v) is 13.2. The van der Waals surface area contributed by atoms with Gasteiger partial charge in [0.15, 0.2) is 0 Å². The number of rotatable bonds is 8. The number of esters is 1. The van der Waals surface area contributed by atoms with Gasteiger partial charge in [-0.3, -0.25) is 14.4 Å².